The van der Waals surface area contributed by atoms with Crippen LogP contribution in [0.3, 0.4) is 0 Å². The number of carbonyl (C=O) groups is 1. The number of rotatable bonds is 4. The van der Waals surface area contributed by atoms with E-state index in [1.54, 1.807) is 6.92 Å². The molecule has 0 aliphatic carbocycles. The van der Waals surface area contributed by atoms with Crippen LogP contribution in [0.1, 0.15) is 25.3 Å². The Balaban J connectivity index is 0.000000463. The van der Waals surface area contributed by atoms with E-state index in [0.29, 0.717) is 12.9 Å². The van der Waals surface area contributed by atoms with Gasteiger partial charge in [-0.15, -0.1) is 0 Å². The monoisotopic (exact) mass is 342 g/mol. The van der Waals surface area contributed by atoms with Crippen molar-refractivity contribution in [3.63, 3.8) is 0 Å². The predicted octanol–water partition coefficient (Wildman–Crippen LogP) is 1.67. The van der Waals surface area contributed by atoms with Gasteiger partial charge >= 0.3 is 5.97 Å². The summed E-state index contributed by atoms with van der Waals surface area (Å²) in [7, 11) is -3.67. The zero-order valence-electron chi connectivity index (χ0n) is 13.3. The van der Waals surface area contributed by atoms with Gasteiger partial charge in [0.2, 0.25) is 0 Å². The molecule has 0 saturated carbocycles. The van der Waals surface area contributed by atoms with E-state index < -0.39 is 16.2 Å². The molecule has 4 N–H and O–H groups in total. The van der Waals surface area contributed by atoms with Gasteiger partial charge in [-0.25, -0.2) is 0 Å². The molecular formula is C15H22N2O5S. The predicted molar refractivity (Wildman–Crippen MR) is 88.8 cm³/mol. The second-order valence-electron chi connectivity index (χ2n) is 5.09. The third-order valence-electron chi connectivity index (χ3n) is 3.21. The van der Waals surface area contributed by atoms with Gasteiger partial charge in [-0.3, -0.25) is 9.35 Å². The number of esters is 1. The van der Waals surface area contributed by atoms with Crippen LogP contribution in [0, 0.1) is 0 Å². The van der Waals surface area contributed by atoms with Crippen LogP contribution in [0.2, 0.25) is 0 Å². The maximum Gasteiger partial charge on any atom is 0.323 e. The number of ether oxygens (including phenoxy) is 1. The molecule has 0 amide bonds. The Morgan fingerprint density at radius 1 is 1.39 bits per heavy atom. The summed E-state index contributed by atoms with van der Waals surface area (Å²) in [5.41, 5.74) is 8.04. The number of carbonyl (C=O) groups excluding carboxylic acids is 1. The van der Waals surface area contributed by atoms with Gasteiger partial charge in [0.05, 0.1) is 12.9 Å². The molecule has 23 heavy (non-hydrogen) atoms. The molecule has 0 saturated heterocycles. The molecule has 2 atom stereocenters. The minimum absolute atomic E-state index is 0.0831. The van der Waals surface area contributed by atoms with Gasteiger partial charge in [0.15, 0.2) is 0 Å². The Morgan fingerprint density at radius 3 is 2.52 bits per heavy atom. The lowest BCUT2D eigenvalue weighted by atomic mass is 9.93. The molecule has 7 nitrogen and oxygen atoms in total. The van der Waals surface area contributed by atoms with Crippen LogP contribution in [-0.4, -0.2) is 42.8 Å². The first kappa shape index (κ1) is 19.1. The molecule has 2 aromatic rings. The number of H-pyrrole nitrogens is 1. The number of benzene rings is 1. The van der Waals surface area contributed by atoms with Gasteiger partial charge in [-0.2, -0.15) is 8.42 Å². The van der Waals surface area contributed by atoms with Gasteiger partial charge in [0, 0.05) is 23.0 Å². The molecule has 0 spiro atoms. The van der Waals surface area contributed by atoms with Crippen molar-refractivity contribution in [3.05, 3.63) is 36.0 Å². The minimum Gasteiger partial charge on any atom is -0.465 e. The fraction of sp³-hybridized carbons (Fsp3) is 0.400. The summed E-state index contributed by atoms with van der Waals surface area (Å²) in [5, 5.41) is 1.10. The van der Waals surface area contributed by atoms with Crippen LogP contribution >= 0.6 is 0 Å². The molecule has 0 aliphatic heterocycles. The quantitative estimate of drug-likeness (QED) is 0.574. The minimum atomic E-state index is -3.67. The van der Waals surface area contributed by atoms with Crippen LogP contribution in [0.4, 0.5) is 0 Å². The number of nitrogens with one attached hydrogen (secondary N) is 1. The number of fused-ring (bicyclic) bond motifs is 1. The summed E-state index contributed by atoms with van der Waals surface area (Å²) in [5.74, 6) is -0.435. The zero-order chi connectivity index (χ0) is 17.6. The van der Waals surface area contributed by atoms with E-state index in [9.17, 15) is 13.2 Å². The lowest BCUT2D eigenvalue weighted by Crippen LogP contribution is -2.37. The second kappa shape index (κ2) is 8.09. The Hall–Kier alpha value is -1.90. The largest absolute Gasteiger partial charge is 0.465 e. The van der Waals surface area contributed by atoms with E-state index >= 15 is 0 Å². The fourth-order valence-electron chi connectivity index (χ4n) is 2.11. The van der Waals surface area contributed by atoms with Crippen molar-refractivity contribution < 1.29 is 22.5 Å². The molecule has 128 valence electrons. The number of hydrogen-bond donors (Lipinski definition) is 3. The fourth-order valence-corrected chi connectivity index (χ4v) is 2.11. The highest BCUT2D eigenvalue weighted by molar-refractivity contribution is 7.85. The Morgan fingerprint density at radius 2 is 1.96 bits per heavy atom. The molecule has 0 bridgehead atoms. The molecule has 8 heteroatoms. The SMILES string of the molecule is CCOC(=O)[C@H](N)[C@@H](C)c1c[nH]c2ccccc12.CS(=O)(=O)O. The molecule has 0 aliphatic rings. The molecule has 1 heterocycles. The second-order valence-corrected chi connectivity index (χ2v) is 6.56. The van der Waals surface area contributed by atoms with Crippen molar-refractivity contribution in [1.82, 2.24) is 4.98 Å². The summed E-state index contributed by atoms with van der Waals surface area (Å²) < 4.78 is 30.8. The van der Waals surface area contributed by atoms with Crippen molar-refractivity contribution in [2.75, 3.05) is 12.9 Å². The van der Waals surface area contributed by atoms with Crippen LogP contribution in [0.15, 0.2) is 30.5 Å². The Labute approximate surface area is 135 Å². The molecule has 0 unspecified atom stereocenters. The van der Waals surface area contributed by atoms with E-state index in [0.717, 1.165) is 16.5 Å². The van der Waals surface area contributed by atoms with Crippen molar-refractivity contribution in [3.8, 4) is 0 Å². The maximum absolute atomic E-state index is 11.7. The normalized spacial score (nSPS) is 13.8. The standard InChI is InChI=1S/C14H18N2O2.CH4O3S/c1-3-18-14(17)13(15)9(2)11-8-16-12-7-5-4-6-10(11)12;1-5(2,3)4/h4-9,13,16H,3,15H2,1-2H3;1H3,(H,2,3,4)/t9-,13+;/m0./s1. The summed E-state index contributed by atoms with van der Waals surface area (Å²) in [6.45, 7) is 4.07. The average Bonchev–Trinajstić information content (AvgIpc) is 2.88. The topological polar surface area (TPSA) is 122 Å². The average molecular weight is 342 g/mol. The van der Waals surface area contributed by atoms with Crippen LogP contribution in [0.5, 0.6) is 0 Å². The first-order valence-electron chi connectivity index (χ1n) is 7.05. The molecule has 0 radical (unpaired) electrons. The molecule has 2 rings (SSSR count). The van der Waals surface area contributed by atoms with Gasteiger partial charge in [-0.05, 0) is 18.6 Å². The highest BCUT2D eigenvalue weighted by Crippen LogP contribution is 2.27. The van der Waals surface area contributed by atoms with Crippen molar-refractivity contribution >= 4 is 27.0 Å². The van der Waals surface area contributed by atoms with Gasteiger partial charge < -0.3 is 15.5 Å². The first-order valence-corrected chi connectivity index (χ1v) is 8.90. The van der Waals surface area contributed by atoms with E-state index in [4.69, 9.17) is 15.0 Å². The first-order chi connectivity index (χ1) is 10.6. The third kappa shape index (κ3) is 6.01. The van der Waals surface area contributed by atoms with E-state index in [1.165, 1.54) is 0 Å². The summed E-state index contributed by atoms with van der Waals surface area (Å²) in [4.78, 5) is 14.8. The number of aromatic nitrogens is 1. The van der Waals surface area contributed by atoms with E-state index in [1.807, 2.05) is 37.4 Å². The third-order valence-corrected chi connectivity index (χ3v) is 3.21. The Bertz CT molecular complexity index is 746. The Kier molecular flexibility index (Phi) is 6.74. The van der Waals surface area contributed by atoms with Crippen molar-refractivity contribution in [1.29, 1.82) is 0 Å². The van der Waals surface area contributed by atoms with Gasteiger partial charge in [-0.1, -0.05) is 25.1 Å². The molecule has 0 fully saturated rings. The van der Waals surface area contributed by atoms with Gasteiger partial charge in [0.25, 0.3) is 10.1 Å². The lowest BCUT2D eigenvalue weighted by Gasteiger charge is -2.17. The van der Waals surface area contributed by atoms with Crippen LogP contribution in [-0.2, 0) is 19.6 Å². The zero-order valence-corrected chi connectivity index (χ0v) is 14.1. The maximum atomic E-state index is 11.7. The van der Waals surface area contributed by atoms with Crippen molar-refractivity contribution in [2.45, 2.75) is 25.8 Å². The molecule has 1 aromatic heterocycles. The highest BCUT2D eigenvalue weighted by Gasteiger charge is 2.25. The van der Waals surface area contributed by atoms with Crippen LogP contribution in [0.25, 0.3) is 10.9 Å². The summed E-state index contributed by atoms with van der Waals surface area (Å²) in [6, 6.07) is 7.34. The smallest absolute Gasteiger partial charge is 0.323 e. The van der Waals surface area contributed by atoms with Crippen molar-refractivity contribution in [2.24, 2.45) is 5.73 Å². The molecular weight excluding hydrogens is 320 g/mol. The summed E-state index contributed by atoms with van der Waals surface area (Å²) in [6.07, 6.45) is 2.63. The van der Waals surface area contributed by atoms with E-state index in [-0.39, 0.29) is 11.9 Å². The summed E-state index contributed by atoms with van der Waals surface area (Å²) >= 11 is 0. The number of aromatic amines is 1. The highest BCUT2D eigenvalue weighted by atomic mass is 32.2. The van der Waals surface area contributed by atoms with Gasteiger partial charge in [0.1, 0.15) is 6.04 Å². The number of para-hydroxylation sites is 1. The number of hydrogen-bond acceptors (Lipinski definition) is 5. The lowest BCUT2D eigenvalue weighted by molar-refractivity contribution is -0.145. The van der Waals surface area contributed by atoms with E-state index in [2.05, 4.69) is 4.98 Å². The molecule has 1 aromatic carbocycles. The number of nitrogens with two attached hydrogens (primary N) is 1. The van der Waals surface area contributed by atoms with Crippen LogP contribution < -0.4 is 5.73 Å².